The second-order valence-electron chi connectivity index (χ2n) is 6.05. The third kappa shape index (κ3) is 9.23. The minimum absolute atomic E-state index is 0.0380. The van der Waals surface area contributed by atoms with E-state index in [9.17, 15) is 9.90 Å². The first-order valence-corrected chi connectivity index (χ1v) is 9.05. The second kappa shape index (κ2) is 13.7. The van der Waals surface area contributed by atoms with Crippen LogP contribution in [0.3, 0.4) is 0 Å². The van der Waals surface area contributed by atoms with E-state index in [0.29, 0.717) is 24.8 Å². The van der Waals surface area contributed by atoms with Gasteiger partial charge in [0.15, 0.2) is 11.6 Å². The fourth-order valence-electron chi connectivity index (χ4n) is 2.73. The molecule has 136 valence electrons. The molecule has 0 saturated carbocycles. The summed E-state index contributed by atoms with van der Waals surface area (Å²) in [7, 11) is 3.18. The van der Waals surface area contributed by atoms with Crippen LogP contribution in [-0.2, 0) is 14.3 Å². The van der Waals surface area contributed by atoms with Crippen LogP contribution in [-0.4, -0.2) is 37.5 Å². The predicted molar refractivity (Wildman–Crippen MR) is 94.4 cm³/mol. The molecule has 0 aromatic rings. The van der Waals surface area contributed by atoms with Crippen molar-refractivity contribution in [3.05, 3.63) is 11.6 Å². The van der Waals surface area contributed by atoms with E-state index in [1.165, 1.54) is 25.7 Å². The number of ketones is 1. The van der Waals surface area contributed by atoms with Crippen molar-refractivity contribution in [3.63, 3.8) is 0 Å². The molecule has 0 saturated heterocycles. The summed E-state index contributed by atoms with van der Waals surface area (Å²) < 4.78 is 11.0. The van der Waals surface area contributed by atoms with Gasteiger partial charge in [0.25, 0.3) is 0 Å². The first-order chi connectivity index (χ1) is 11.1. The second-order valence-corrected chi connectivity index (χ2v) is 6.05. The average molecular weight is 328 g/mol. The van der Waals surface area contributed by atoms with Gasteiger partial charge in [-0.25, -0.2) is 0 Å². The number of aliphatic hydroxyl groups is 1. The molecule has 0 aromatic heterocycles. The van der Waals surface area contributed by atoms with E-state index in [1.54, 1.807) is 20.3 Å². The molecule has 0 aliphatic heterocycles. The Labute approximate surface area is 142 Å². The molecule has 0 fully saturated rings. The van der Waals surface area contributed by atoms with Crippen LogP contribution in [0.5, 0.6) is 0 Å². The lowest BCUT2D eigenvalue weighted by molar-refractivity contribution is -0.175. The molecule has 0 bridgehead atoms. The number of hydrogen-bond donors (Lipinski definition) is 1. The van der Waals surface area contributed by atoms with Crippen LogP contribution in [0.4, 0.5) is 0 Å². The zero-order valence-corrected chi connectivity index (χ0v) is 15.5. The summed E-state index contributed by atoms with van der Waals surface area (Å²) in [5.41, 5.74) is 0.623. The van der Waals surface area contributed by atoms with Gasteiger partial charge in [0.2, 0.25) is 0 Å². The highest BCUT2D eigenvalue weighted by Crippen LogP contribution is 2.24. The fourth-order valence-corrected chi connectivity index (χ4v) is 2.73. The Morgan fingerprint density at radius 3 is 2.09 bits per heavy atom. The molecular formula is C19H36O4. The molecule has 4 nitrogen and oxygen atoms in total. The molecule has 0 radical (unpaired) electrons. The number of rotatable bonds is 15. The Hall–Kier alpha value is -0.710. The van der Waals surface area contributed by atoms with Crippen LogP contribution in [0, 0.1) is 0 Å². The zero-order chi connectivity index (χ0) is 17.6. The van der Waals surface area contributed by atoms with E-state index >= 15 is 0 Å². The van der Waals surface area contributed by atoms with Gasteiger partial charge in [-0.15, -0.1) is 0 Å². The highest BCUT2D eigenvalue weighted by atomic mass is 16.7. The van der Waals surface area contributed by atoms with Gasteiger partial charge in [0.1, 0.15) is 0 Å². The molecule has 0 aliphatic carbocycles. The summed E-state index contributed by atoms with van der Waals surface area (Å²) in [4.78, 5) is 12.4. The quantitative estimate of drug-likeness (QED) is 0.275. The maximum absolute atomic E-state index is 12.4. The van der Waals surface area contributed by atoms with E-state index in [2.05, 4.69) is 6.92 Å². The monoisotopic (exact) mass is 328 g/mol. The van der Waals surface area contributed by atoms with Crippen molar-refractivity contribution in [1.82, 2.24) is 0 Å². The van der Waals surface area contributed by atoms with E-state index in [0.717, 1.165) is 19.3 Å². The lowest BCUT2D eigenvalue weighted by Crippen LogP contribution is -2.32. The Balaban J connectivity index is 4.67. The summed E-state index contributed by atoms with van der Waals surface area (Å²) in [6.45, 7) is 4.21. The average Bonchev–Trinajstić information content (AvgIpc) is 2.56. The van der Waals surface area contributed by atoms with Gasteiger partial charge in [-0.1, -0.05) is 52.4 Å². The van der Waals surface area contributed by atoms with Crippen molar-refractivity contribution < 1.29 is 19.4 Å². The summed E-state index contributed by atoms with van der Waals surface area (Å²) in [6.07, 6.45) is 11.2. The summed E-state index contributed by atoms with van der Waals surface area (Å²) in [5.74, 6) is -0.764. The molecule has 0 amide bonds. The highest BCUT2D eigenvalue weighted by Gasteiger charge is 2.27. The maximum Gasteiger partial charge on any atom is 0.187 e. The van der Waals surface area contributed by atoms with Crippen molar-refractivity contribution >= 4 is 5.78 Å². The third-order valence-corrected chi connectivity index (χ3v) is 4.18. The highest BCUT2D eigenvalue weighted by molar-refractivity contribution is 5.95. The SMILES string of the molecule is CCCCCCCCC(=O)C(=CC(CCC)(OC)OC)CCO. The topological polar surface area (TPSA) is 55.8 Å². The van der Waals surface area contributed by atoms with Crippen LogP contribution >= 0.6 is 0 Å². The number of carbonyl (C=O) groups is 1. The largest absolute Gasteiger partial charge is 0.396 e. The molecule has 0 aliphatic rings. The Morgan fingerprint density at radius 1 is 0.957 bits per heavy atom. The zero-order valence-electron chi connectivity index (χ0n) is 15.5. The van der Waals surface area contributed by atoms with Crippen LogP contribution in [0.1, 0.15) is 78.1 Å². The van der Waals surface area contributed by atoms with Crippen LogP contribution in [0.25, 0.3) is 0 Å². The number of carbonyl (C=O) groups excluding carboxylic acids is 1. The molecule has 0 rings (SSSR count). The molecule has 0 heterocycles. The summed E-state index contributed by atoms with van der Waals surface area (Å²) in [5, 5.41) is 9.25. The summed E-state index contributed by atoms with van der Waals surface area (Å²) in [6, 6.07) is 0. The van der Waals surface area contributed by atoms with Crippen molar-refractivity contribution in [3.8, 4) is 0 Å². The number of Topliss-reactive ketones (excluding diaryl/α,β-unsaturated/α-hetero) is 1. The van der Waals surface area contributed by atoms with Gasteiger partial charge in [0, 0.05) is 33.7 Å². The lowest BCUT2D eigenvalue weighted by atomic mass is 9.97. The van der Waals surface area contributed by atoms with Gasteiger partial charge in [-0.05, 0) is 24.5 Å². The molecule has 0 atom stereocenters. The summed E-state index contributed by atoms with van der Waals surface area (Å²) >= 11 is 0. The molecule has 0 aromatic carbocycles. The first kappa shape index (κ1) is 22.3. The lowest BCUT2D eigenvalue weighted by Gasteiger charge is -2.28. The third-order valence-electron chi connectivity index (χ3n) is 4.18. The van der Waals surface area contributed by atoms with Crippen LogP contribution < -0.4 is 0 Å². The van der Waals surface area contributed by atoms with Gasteiger partial charge in [0.05, 0.1) is 0 Å². The minimum Gasteiger partial charge on any atom is -0.396 e. The van der Waals surface area contributed by atoms with Gasteiger partial charge < -0.3 is 14.6 Å². The fraction of sp³-hybridized carbons (Fsp3) is 0.842. The molecular weight excluding hydrogens is 292 g/mol. The molecule has 4 heteroatoms. The smallest absolute Gasteiger partial charge is 0.187 e. The molecule has 1 N–H and O–H groups in total. The Bertz CT molecular complexity index is 332. The number of unbranched alkanes of at least 4 members (excludes halogenated alkanes) is 5. The number of aliphatic hydroxyl groups excluding tert-OH is 1. The van der Waals surface area contributed by atoms with Crippen molar-refractivity contribution in [1.29, 1.82) is 0 Å². The van der Waals surface area contributed by atoms with Gasteiger partial charge in [-0.2, -0.15) is 0 Å². The van der Waals surface area contributed by atoms with Gasteiger partial charge >= 0.3 is 0 Å². The predicted octanol–water partition coefficient (Wildman–Crippen LogP) is 4.40. The molecule has 0 spiro atoms. The maximum atomic E-state index is 12.4. The van der Waals surface area contributed by atoms with Crippen LogP contribution in [0.15, 0.2) is 11.6 Å². The molecule has 23 heavy (non-hydrogen) atoms. The first-order valence-electron chi connectivity index (χ1n) is 9.05. The van der Waals surface area contributed by atoms with E-state index in [1.807, 2.05) is 6.92 Å². The van der Waals surface area contributed by atoms with E-state index < -0.39 is 5.79 Å². The van der Waals surface area contributed by atoms with Gasteiger partial charge in [-0.3, -0.25) is 4.79 Å². The van der Waals surface area contributed by atoms with Crippen molar-refractivity contribution in [2.45, 2.75) is 83.8 Å². The Morgan fingerprint density at radius 2 is 1.57 bits per heavy atom. The number of methoxy groups -OCH3 is 2. The van der Waals surface area contributed by atoms with E-state index in [-0.39, 0.29) is 12.4 Å². The number of ether oxygens (including phenoxy) is 2. The van der Waals surface area contributed by atoms with Crippen molar-refractivity contribution in [2.75, 3.05) is 20.8 Å². The standard InChI is InChI=1S/C19H36O4/c1-5-7-8-9-10-11-12-18(21)17(13-15-20)16-19(22-3,23-4)14-6-2/h16,20H,5-15H2,1-4H3. The van der Waals surface area contributed by atoms with Crippen molar-refractivity contribution in [2.24, 2.45) is 0 Å². The minimum atomic E-state index is -0.865. The normalized spacial score (nSPS) is 12.7. The Kier molecular flexibility index (Phi) is 13.3. The number of hydrogen-bond acceptors (Lipinski definition) is 4. The van der Waals surface area contributed by atoms with Crippen LogP contribution in [0.2, 0.25) is 0 Å². The van der Waals surface area contributed by atoms with E-state index in [4.69, 9.17) is 9.47 Å². The molecule has 0 unspecified atom stereocenters.